The second-order valence-corrected chi connectivity index (χ2v) is 6.50. The summed E-state index contributed by atoms with van der Waals surface area (Å²) < 4.78 is 0. The number of carbonyl (C=O) groups is 1. The first-order valence-electron chi connectivity index (χ1n) is 9.85. The fourth-order valence-electron chi connectivity index (χ4n) is 2.71. The highest BCUT2D eigenvalue weighted by Gasteiger charge is 1.93. The number of allylic oxidation sites excluding steroid dienone is 1. The molecule has 0 radical (unpaired) electrons. The number of carbonyl (C=O) groups excluding carboxylic acids is 1. The van der Waals surface area contributed by atoms with E-state index in [0.29, 0.717) is 0 Å². The van der Waals surface area contributed by atoms with Gasteiger partial charge in [0.1, 0.15) is 0 Å². The Morgan fingerprint density at radius 2 is 1.21 bits per heavy atom. The summed E-state index contributed by atoms with van der Waals surface area (Å²) in [6.07, 6.45) is 24.2. The molecule has 0 heterocycles. The van der Waals surface area contributed by atoms with Crippen LogP contribution in [0.5, 0.6) is 0 Å². The van der Waals surface area contributed by atoms with Crippen LogP contribution >= 0.6 is 0 Å². The Kier molecular flexibility index (Phi) is 23.1. The number of hydrogen-bond acceptors (Lipinski definition) is 4. The first kappa shape index (κ1) is 25.2. The van der Waals surface area contributed by atoms with Crippen LogP contribution in [-0.2, 0) is 9.63 Å². The van der Waals surface area contributed by atoms with Crippen molar-refractivity contribution in [3.8, 4) is 0 Å². The molecule has 0 bridgehead atoms. The highest BCUT2D eigenvalue weighted by Crippen LogP contribution is 2.13. The van der Waals surface area contributed by atoms with Crippen molar-refractivity contribution in [1.29, 1.82) is 0 Å². The van der Waals surface area contributed by atoms with Gasteiger partial charge in [0.15, 0.2) is 0 Å². The molecule has 0 fully saturated rings. The van der Waals surface area contributed by atoms with Crippen molar-refractivity contribution in [3.63, 3.8) is 0 Å². The molecular formula is C20H42N2O2. The van der Waals surface area contributed by atoms with Gasteiger partial charge in [-0.15, -0.1) is 0 Å². The fourth-order valence-corrected chi connectivity index (χ4v) is 2.71. The lowest BCUT2D eigenvalue weighted by Gasteiger charge is -2.03. The summed E-state index contributed by atoms with van der Waals surface area (Å²) in [5.41, 5.74) is 2.50. The second kappa shape index (κ2) is 22.0. The lowest BCUT2D eigenvalue weighted by Crippen LogP contribution is -2.10. The van der Waals surface area contributed by atoms with E-state index in [1.807, 2.05) is 6.08 Å². The van der Waals surface area contributed by atoms with E-state index in [4.69, 9.17) is 0 Å². The Labute approximate surface area is 150 Å². The predicted molar refractivity (Wildman–Crippen MR) is 104 cm³/mol. The first-order valence-corrected chi connectivity index (χ1v) is 9.85. The Morgan fingerprint density at radius 3 is 1.62 bits per heavy atom. The predicted octanol–water partition coefficient (Wildman–Crippen LogP) is 6.60. The molecule has 4 heteroatoms. The van der Waals surface area contributed by atoms with Crippen LogP contribution in [0.4, 0.5) is 0 Å². The van der Waals surface area contributed by atoms with Gasteiger partial charge in [-0.2, -0.15) is 0 Å². The van der Waals surface area contributed by atoms with E-state index >= 15 is 0 Å². The summed E-state index contributed by atoms with van der Waals surface area (Å²) in [5.74, 6) is -0.314. The average molecular weight is 343 g/mol. The molecule has 0 unspecified atom stereocenters. The molecule has 0 saturated carbocycles. The van der Waals surface area contributed by atoms with Crippen LogP contribution in [-0.4, -0.2) is 5.97 Å². The van der Waals surface area contributed by atoms with Crippen LogP contribution < -0.4 is 11.6 Å². The largest absolute Gasteiger partial charge is 0.344 e. The molecule has 0 spiro atoms. The van der Waals surface area contributed by atoms with Crippen LogP contribution in [0.2, 0.25) is 0 Å². The van der Waals surface area contributed by atoms with Crippen molar-refractivity contribution in [2.24, 2.45) is 0 Å². The van der Waals surface area contributed by atoms with E-state index in [0.717, 1.165) is 6.42 Å². The SMILES string of the molecule is CCCCCCCCCCCCCCCCC=CNOC(C)=O.N. The van der Waals surface area contributed by atoms with Crippen molar-refractivity contribution >= 4 is 5.97 Å². The minimum Gasteiger partial charge on any atom is -0.344 e. The van der Waals surface area contributed by atoms with Gasteiger partial charge in [0.2, 0.25) is 0 Å². The summed E-state index contributed by atoms with van der Waals surface area (Å²) in [6.45, 7) is 3.66. The minimum atomic E-state index is -0.314. The maximum Gasteiger partial charge on any atom is 0.329 e. The quantitative estimate of drug-likeness (QED) is 0.231. The molecule has 0 saturated heterocycles. The lowest BCUT2D eigenvalue weighted by molar-refractivity contribution is -0.146. The average Bonchev–Trinajstić information content (AvgIpc) is 2.53. The topological polar surface area (TPSA) is 73.3 Å². The Bertz CT molecular complexity index is 281. The summed E-state index contributed by atoms with van der Waals surface area (Å²) in [5, 5.41) is 0. The molecule has 4 N–H and O–H groups in total. The molecule has 0 amide bonds. The van der Waals surface area contributed by atoms with Crippen LogP contribution in [0.25, 0.3) is 0 Å². The molecule has 0 aliphatic rings. The maximum atomic E-state index is 10.5. The van der Waals surface area contributed by atoms with Gasteiger partial charge in [-0.1, -0.05) is 96.5 Å². The monoisotopic (exact) mass is 342 g/mol. The Balaban J connectivity index is 0. The molecule has 144 valence electrons. The third-order valence-corrected chi connectivity index (χ3v) is 4.11. The Morgan fingerprint density at radius 1 is 0.792 bits per heavy atom. The molecule has 0 aromatic carbocycles. The number of unbranched alkanes of at least 4 members (excludes halogenated alkanes) is 14. The number of hydroxylamine groups is 1. The normalized spacial score (nSPS) is 10.6. The zero-order valence-electron chi connectivity index (χ0n) is 16.3. The van der Waals surface area contributed by atoms with Crippen LogP contribution in [0.3, 0.4) is 0 Å². The Hall–Kier alpha value is -1.03. The maximum absolute atomic E-state index is 10.5. The van der Waals surface area contributed by atoms with E-state index in [1.54, 1.807) is 6.20 Å². The molecule has 24 heavy (non-hydrogen) atoms. The highest BCUT2D eigenvalue weighted by molar-refractivity contribution is 5.65. The van der Waals surface area contributed by atoms with E-state index in [2.05, 4.69) is 17.2 Å². The number of rotatable bonds is 17. The molecule has 0 aromatic heterocycles. The van der Waals surface area contributed by atoms with Crippen molar-refractivity contribution in [3.05, 3.63) is 12.3 Å². The third-order valence-electron chi connectivity index (χ3n) is 4.11. The number of nitrogens with one attached hydrogen (secondary N) is 1. The van der Waals surface area contributed by atoms with E-state index in [-0.39, 0.29) is 12.1 Å². The van der Waals surface area contributed by atoms with Gasteiger partial charge in [0.05, 0.1) is 0 Å². The smallest absolute Gasteiger partial charge is 0.329 e. The van der Waals surface area contributed by atoms with Crippen LogP contribution in [0, 0.1) is 0 Å². The second-order valence-electron chi connectivity index (χ2n) is 6.50. The molecule has 0 aliphatic carbocycles. The van der Waals surface area contributed by atoms with Gasteiger partial charge in [0, 0.05) is 13.1 Å². The van der Waals surface area contributed by atoms with E-state index < -0.39 is 0 Å². The molecule has 0 aliphatic heterocycles. The molecule has 4 nitrogen and oxygen atoms in total. The summed E-state index contributed by atoms with van der Waals surface area (Å²) in [4.78, 5) is 15.1. The summed E-state index contributed by atoms with van der Waals surface area (Å²) in [6, 6.07) is 0. The zero-order chi connectivity index (χ0) is 17.0. The van der Waals surface area contributed by atoms with Gasteiger partial charge < -0.3 is 11.0 Å². The van der Waals surface area contributed by atoms with Crippen molar-refractivity contribution in [2.45, 2.75) is 110 Å². The van der Waals surface area contributed by atoms with E-state index in [1.165, 1.54) is 96.8 Å². The highest BCUT2D eigenvalue weighted by atomic mass is 16.7. The molecule has 0 atom stereocenters. The van der Waals surface area contributed by atoms with Crippen molar-refractivity contribution in [2.75, 3.05) is 0 Å². The zero-order valence-corrected chi connectivity index (χ0v) is 16.3. The lowest BCUT2D eigenvalue weighted by atomic mass is 10.0. The molecular weight excluding hydrogens is 300 g/mol. The van der Waals surface area contributed by atoms with Crippen molar-refractivity contribution in [1.82, 2.24) is 11.6 Å². The van der Waals surface area contributed by atoms with E-state index in [9.17, 15) is 4.79 Å². The minimum absolute atomic E-state index is 0. The summed E-state index contributed by atoms with van der Waals surface area (Å²) >= 11 is 0. The summed E-state index contributed by atoms with van der Waals surface area (Å²) in [7, 11) is 0. The van der Waals surface area contributed by atoms with Gasteiger partial charge in [-0.05, 0) is 12.8 Å². The molecule has 0 rings (SSSR count). The van der Waals surface area contributed by atoms with Gasteiger partial charge in [-0.3, -0.25) is 4.79 Å². The van der Waals surface area contributed by atoms with Gasteiger partial charge in [0.25, 0.3) is 0 Å². The first-order chi connectivity index (χ1) is 11.3. The standard InChI is InChI=1S/C20H39NO2.H3N/c1-3-4-5-6-7-8-9-10-11-12-13-14-15-16-17-18-19-21-23-20(2)22;/h18-19,21H,3-17H2,1-2H3;1H3. The molecule has 0 aromatic rings. The van der Waals surface area contributed by atoms with Crippen LogP contribution in [0.15, 0.2) is 12.3 Å². The van der Waals surface area contributed by atoms with Crippen molar-refractivity contribution < 1.29 is 9.63 Å². The van der Waals surface area contributed by atoms with Gasteiger partial charge >= 0.3 is 5.97 Å². The van der Waals surface area contributed by atoms with Gasteiger partial charge in [-0.25, -0.2) is 5.48 Å². The number of hydrogen-bond donors (Lipinski definition) is 2. The fraction of sp³-hybridized carbons (Fsp3) is 0.850. The third kappa shape index (κ3) is 23.2. The van der Waals surface area contributed by atoms with Crippen LogP contribution in [0.1, 0.15) is 110 Å².